The molecule has 0 saturated carbocycles. The number of halogens is 1. The van der Waals surface area contributed by atoms with Crippen LogP contribution in [0, 0.1) is 6.92 Å². The van der Waals surface area contributed by atoms with Crippen LogP contribution >= 0.6 is 23.8 Å². The molecule has 0 aliphatic rings. The van der Waals surface area contributed by atoms with Gasteiger partial charge in [0, 0.05) is 22.7 Å². The van der Waals surface area contributed by atoms with Crippen LogP contribution < -0.4 is 11.1 Å². The topological polar surface area (TPSA) is 55.1 Å². The van der Waals surface area contributed by atoms with Crippen molar-refractivity contribution >= 4 is 40.4 Å². The number of anilines is 1. The van der Waals surface area contributed by atoms with E-state index in [-0.39, 0.29) is 5.91 Å². The van der Waals surface area contributed by atoms with Gasteiger partial charge in [0.1, 0.15) is 0 Å². The Balaban J connectivity index is 2.13. The van der Waals surface area contributed by atoms with Gasteiger partial charge in [-0.15, -0.1) is 0 Å². The van der Waals surface area contributed by atoms with Crippen molar-refractivity contribution < 1.29 is 4.79 Å². The monoisotopic (exact) mass is 318 g/mol. The van der Waals surface area contributed by atoms with E-state index in [0.717, 1.165) is 11.1 Å². The number of hydrogen-bond donors (Lipinski definition) is 2. The van der Waals surface area contributed by atoms with E-state index in [2.05, 4.69) is 5.32 Å². The number of carbonyl (C=O) groups excluding carboxylic acids is 1. The average molecular weight is 319 g/mol. The van der Waals surface area contributed by atoms with Crippen molar-refractivity contribution in [2.45, 2.75) is 13.3 Å². The van der Waals surface area contributed by atoms with E-state index in [9.17, 15) is 4.79 Å². The quantitative estimate of drug-likeness (QED) is 0.845. The van der Waals surface area contributed by atoms with Crippen molar-refractivity contribution in [2.75, 3.05) is 5.32 Å². The standard InChI is InChI=1S/C16H15ClN2OS/c1-10-2-7-13(17)9-14(10)19-16(20)12-5-3-11(4-6-12)8-15(18)21/h2-7,9H,8H2,1H3,(H2,18,21)(H,19,20). The van der Waals surface area contributed by atoms with Gasteiger partial charge in [-0.3, -0.25) is 4.79 Å². The van der Waals surface area contributed by atoms with Crippen LogP contribution in [0.15, 0.2) is 42.5 Å². The van der Waals surface area contributed by atoms with E-state index in [4.69, 9.17) is 29.6 Å². The second-order valence-electron chi connectivity index (χ2n) is 4.75. The molecule has 0 heterocycles. The molecule has 2 aromatic carbocycles. The number of thiocarbonyl (C=S) groups is 1. The smallest absolute Gasteiger partial charge is 0.255 e. The molecule has 3 N–H and O–H groups in total. The Kier molecular flexibility index (Phi) is 4.94. The molecule has 0 radical (unpaired) electrons. The van der Waals surface area contributed by atoms with E-state index < -0.39 is 0 Å². The number of benzene rings is 2. The van der Waals surface area contributed by atoms with E-state index in [1.165, 1.54) is 0 Å². The molecule has 1 amide bonds. The highest BCUT2D eigenvalue weighted by Gasteiger charge is 2.08. The van der Waals surface area contributed by atoms with Gasteiger partial charge in [0.2, 0.25) is 0 Å². The summed E-state index contributed by atoms with van der Waals surface area (Å²) in [6, 6.07) is 12.6. The number of carbonyl (C=O) groups is 1. The fourth-order valence-corrected chi connectivity index (χ4v) is 2.24. The Morgan fingerprint density at radius 1 is 1.24 bits per heavy atom. The summed E-state index contributed by atoms with van der Waals surface area (Å²) in [5.41, 5.74) is 8.71. The van der Waals surface area contributed by atoms with Crippen LogP contribution in [0.25, 0.3) is 0 Å². The van der Waals surface area contributed by atoms with E-state index in [1.54, 1.807) is 24.3 Å². The molecule has 3 nitrogen and oxygen atoms in total. The van der Waals surface area contributed by atoms with Gasteiger partial charge in [0.25, 0.3) is 5.91 Å². The van der Waals surface area contributed by atoms with Gasteiger partial charge in [-0.1, -0.05) is 42.0 Å². The number of rotatable bonds is 4. The highest BCUT2D eigenvalue weighted by molar-refractivity contribution is 7.80. The van der Waals surface area contributed by atoms with Crippen molar-refractivity contribution in [3.05, 3.63) is 64.2 Å². The van der Waals surface area contributed by atoms with Crippen LogP contribution in [-0.4, -0.2) is 10.9 Å². The van der Waals surface area contributed by atoms with Gasteiger partial charge in [0.15, 0.2) is 0 Å². The Bertz CT molecular complexity index is 683. The molecule has 5 heteroatoms. The van der Waals surface area contributed by atoms with Crippen molar-refractivity contribution in [1.82, 2.24) is 0 Å². The number of hydrogen-bond acceptors (Lipinski definition) is 2. The zero-order valence-electron chi connectivity index (χ0n) is 11.5. The summed E-state index contributed by atoms with van der Waals surface area (Å²) in [6.07, 6.45) is 0.532. The first-order chi connectivity index (χ1) is 9.95. The second kappa shape index (κ2) is 6.70. The van der Waals surface area contributed by atoms with Crippen molar-refractivity contribution in [1.29, 1.82) is 0 Å². The average Bonchev–Trinajstić information content (AvgIpc) is 2.43. The van der Waals surface area contributed by atoms with Gasteiger partial charge in [-0.05, 0) is 42.3 Å². The lowest BCUT2D eigenvalue weighted by atomic mass is 10.1. The zero-order chi connectivity index (χ0) is 15.4. The Labute approximate surface area is 134 Å². The summed E-state index contributed by atoms with van der Waals surface area (Å²) in [7, 11) is 0. The number of amides is 1. The third kappa shape index (κ3) is 4.28. The van der Waals surface area contributed by atoms with E-state index in [1.807, 2.05) is 25.1 Å². The van der Waals surface area contributed by atoms with E-state index in [0.29, 0.717) is 27.7 Å². The fraction of sp³-hybridized carbons (Fsp3) is 0.125. The Morgan fingerprint density at radius 3 is 2.52 bits per heavy atom. The molecular weight excluding hydrogens is 304 g/mol. The van der Waals surface area contributed by atoms with Gasteiger partial charge in [-0.2, -0.15) is 0 Å². The summed E-state index contributed by atoms with van der Waals surface area (Å²) >= 11 is 10.8. The first kappa shape index (κ1) is 15.5. The van der Waals surface area contributed by atoms with E-state index >= 15 is 0 Å². The first-order valence-corrected chi connectivity index (χ1v) is 7.19. The van der Waals surface area contributed by atoms with Crippen LogP contribution in [0.1, 0.15) is 21.5 Å². The third-order valence-corrected chi connectivity index (χ3v) is 3.42. The van der Waals surface area contributed by atoms with Gasteiger partial charge < -0.3 is 11.1 Å². The molecule has 0 unspecified atom stereocenters. The molecule has 2 rings (SSSR count). The predicted octanol–water partition coefficient (Wildman–Crippen LogP) is 3.73. The largest absolute Gasteiger partial charge is 0.393 e. The molecule has 108 valence electrons. The lowest BCUT2D eigenvalue weighted by molar-refractivity contribution is 0.102. The van der Waals surface area contributed by atoms with Crippen LogP contribution in [-0.2, 0) is 6.42 Å². The summed E-state index contributed by atoms with van der Waals surface area (Å²) in [5.74, 6) is -0.178. The maximum atomic E-state index is 12.2. The Hall–Kier alpha value is -1.91. The summed E-state index contributed by atoms with van der Waals surface area (Å²) in [4.78, 5) is 12.6. The van der Waals surface area contributed by atoms with Gasteiger partial charge in [-0.25, -0.2) is 0 Å². The van der Waals surface area contributed by atoms with Crippen LogP contribution in [0.2, 0.25) is 5.02 Å². The summed E-state index contributed by atoms with van der Waals surface area (Å²) < 4.78 is 0. The summed E-state index contributed by atoms with van der Waals surface area (Å²) in [6.45, 7) is 1.91. The van der Waals surface area contributed by atoms with Gasteiger partial charge >= 0.3 is 0 Å². The highest BCUT2D eigenvalue weighted by Crippen LogP contribution is 2.21. The van der Waals surface area contributed by atoms with Crippen LogP contribution in [0.4, 0.5) is 5.69 Å². The van der Waals surface area contributed by atoms with Crippen molar-refractivity contribution in [3.8, 4) is 0 Å². The van der Waals surface area contributed by atoms with Crippen LogP contribution in [0.5, 0.6) is 0 Å². The third-order valence-electron chi connectivity index (χ3n) is 3.04. The molecule has 2 aromatic rings. The molecule has 0 aromatic heterocycles. The zero-order valence-corrected chi connectivity index (χ0v) is 13.1. The normalized spacial score (nSPS) is 10.2. The van der Waals surface area contributed by atoms with Gasteiger partial charge in [0.05, 0.1) is 4.99 Å². The summed E-state index contributed by atoms with van der Waals surface area (Å²) in [5, 5.41) is 3.44. The molecule has 0 spiro atoms. The SMILES string of the molecule is Cc1ccc(Cl)cc1NC(=O)c1ccc(CC(N)=S)cc1. The highest BCUT2D eigenvalue weighted by atomic mass is 35.5. The minimum Gasteiger partial charge on any atom is -0.393 e. The maximum Gasteiger partial charge on any atom is 0.255 e. The lowest BCUT2D eigenvalue weighted by Crippen LogP contribution is -2.14. The molecule has 0 bridgehead atoms. The van der Waals surface area contributed by atoms with Crippen LogP contribution in [0.3, 0.4) is 0 Å². The molecule has 0 aliphatic carbocycles. The molecule has 0 atom stereocenters. The minimum atomic E-state index is -0.178. The molecule has 0 aliphatic heterocycles. The Morgan fingerprint density at radius 2 is 1.90 bits per heavy atom. The molecular formula is C16H15ClN2OS. The minimum absolute atomic E-state index is 0.178. The number of nitrogens with two attached hydrogens (primary N) is 1. The van der Waals surface area contributed by atoms with Crippen molar-refractivity contribution in [2.24, 2.45) is 5.73 Å². The first-order valence-electron chi connectivity index (χ1n) is 6.40. The molecule has 21 heavy (non-hydrogen) atoms. The maximum absolute atomic E-state index is 12.2. The number of nitrogens with one attached hydrogen (secondary N) is 1. The number of aryl methyl sites for hydroxylation is 1. The molecule has 0 fully saturated rings. The molecule has 0 saturated heterocycles. The fourth-order valence-electron chi connectivity index (χ4n) is 1.90. The van der Waals surface area contributed by atoms with Crippen molar-refractivity contribution in [3.63, 3.8) is 0 Å². The lowest BCUT2D eigenvalue weighted by Gasteiger charge is -2.09. The second-order valence-corrected chi connectivity index (χ2v) is 5.71. The predicted molar refractivity (Wildman–Crippen MR) is 91.1 cm³/mol.